The zero-order valence-corrected chi connectivity index (χ0v) is 15.2. The molecule has 0 fully saturated rings. The van der Waals surface area contributed by atoms with E-state index in [2.05, 4.69) is 24.9 Å². The van der Waals surface area contributed by atoms with E-state index in [1.54, 1.807) is 18.2 Å². The maximum atomic E-state index is 14.6. The summed E-state index contributed by atoms with van der Waals surface area (Å²) in [4.78, 5) is 16.6. The van der Waals surface area contributed by atoms with Crippen LogP contribution < -0.4 is 4.90 Å². The van der Waals surface area contributed by atoms with E-state index in [4.69, 9.17) is 0 Å². The fourth-order valence-corrected chi connectivity index (χ4v) is 3.12. The summed E-state index contributed by atoms with van der Waals surface area (Å²) in [6, 6.07) is 9.23. The standard InChI is InChI=1S/C20H20FN3O2/c1-13-11-20(2,3)23(4)19-10-18(21)14(8-17(13)19)12-22-15-6-5-7-16(9-15)24(25)26/h5-12H,1-4H3. The molecule has 1 aliphatic heterocycles. The number of benzene rings is 2. The number of hydrogen-bond acceptors (Lipinski definition) is 4. The van der Waals surface area contributed by atoms with Gasteiger partial charge >= 0.3 is 0 Å². The van der Waals surface area contributed by atoms with Gasteiger partial charge in [-0.2, -0.15) is 0 Å². The normalized spacial score (nSPS) is 15.7. The molecule has 1 heterocycles. The second kappa shape index (κ2) is 6.37. The summed E-state index contributed by atoms with van der Waals surface area (Å²) in [5.74, 6) is -0.379. The zero-order valence-electron chi connectivity index (χ0n) is 15.2. The molecule has 0 aromatic heterocycles. The van der Waals surface area contributed by atoms with Crippen molar-refractivity contribution in [2.45, 2.75) is 26.3 Å². The highest BCUT2D eigenvalue weighted by Crippen LogP contribution is 2.38. The number of nitrogens with zero attached hydrogens (tertiary/aromatic N) is 3. The number of allylic oxidation sites excluding steroid dienone is 1. The minimum Gasteiger partial charge on any atom is -0.365 e. The lowest BCUT2D eigenvalue weighted by Crippen LogP contribution is -2.42. The van der Waals surface area contributed by atoms with Crippen molar-refractivity contribution < 1.29 is 9.31 Å². The summed E-state index contributed by atoms with van der Waals surface area (Å²) in [5.41, 5.74) is 3.37. The molecule has 26 heavy (non-hydrogen) atoms. The third-order valence-electron chi connectivity index (χ3n) is 4.73. The molecule has 0 N–H and O–H groups in total. The fourth-order valence-electron chi connectivity index (χ4n) is 3.12. The summed E-state index contributed by atoms with van der Waals surface area (Å²) in [7, 11) is 1.94. The number of nitro benzene ring substituents is 1. The van der Waals surface area contributed by atoms with Gasteiger partial charge in [-0.15, -0.1) is 0 Å². The van der Waals surface area contributed by atoms with Crippen LogP contribution in [-0.2, 0) is 0 Å². The predicted octanol–water partition coefficient (Wildman–Crippen LogP) is 5.12. The van der Waals surface area contributed by atoms with Crippen molar-refractivity contribution in [3.05, 3.63) is 69.5 Å². The van der Waals surface area contributed by atoms with Gasteiger partial charge in [0.05, 0.1) is 16.1 Å². The molecule has 3 rings (SSSR count). The minimum atomic E-state index is -0.482. The smallest absolute Gasteiger partial charge is 0.271 e. The van der Waals surface area contributed by atoms with Crippen molar-refractivity contribution in [2.24, 2.45) is 4.99 Å². The number of fused-ring (bicyclic) bond motifs is 1. The molecule has 2 aromatic rings. The second-order valence-corrected chi connectivity index (χ2v) is 6.97. The SMILES string of the molecule is CC1=CC(C)(C)N(C)c2cc(F)c(C=Nc3cccc([N+](=O)[O-])c3)cc21. The van der Waals surface area contributed by atoms with Gasteiger partial charge in [-0.25, -0.2) is 4.39 Å². The van der Waals surface area contributed by atoms with Crippen LogP contribution in [0.4, 0.5) is 21.5 Å². The van der Waals surface area contributed by atoms with Gasteiger partial charge in [-0.3, -0.25) is 15.1 Å². The summed E-state index contributed by atoms with van der Waals surface area (Å²) >= 11 is 0. The van der Waals surface area contributed by atoms with Crippen LogP contribution in [0.25, 0.3) is 5.57 Å². The number of halogens is 1. The molecule has 0 saturated carbocycles. The molecule has 0 unspecified atom stereocenters. The first kappa shape index (κ1) is 17.8. The van der Waals surface area contributed by atoms with Crippen molar-refractivity contribution in [1.82, 2.24) is 0 Å². The van der Waals surface area contributed by atoms with Crippen LogP contribution in [0.3, 0.4) is 0 Å². The van der Waals surface area contributed by atoms with E-state index in [0.717, 1.165) is 16.8 Å². The van der Waals surface area contributed by atoms with Crippen molar-refractivity contribution >= 4 is 28.8 Å². The summed E-state index contributed by atoms with van der Waals surface area (Å²) < 4.78 is 14.6. The molecule has 0 saturated heterocycles. The van der Waals surface area contributed by atoms with Crippen LogP contribution in [0.5, 0.6) is 0 Å². The van der Waals surface area contributed by atoms with Crippen LogP contribution >= 0.6 is 0 Å². The predicted molar refractivity (Wildman–Crippen MR) is 103 cm³/mol. The second-order valence-electron chi connectivity index (χ2n) is 6.97. The van der Waals surface area contributed by atoms with Crippen molar-refractivity contribution in [3.63, 3.8) is 0 Å². The fraction of sp³-hybridized carbons (Fsp3) is 0.250. The van der Waals surface area contributed by atoms with Crippen LogP contribution in [0.1, 0.15) is 31.9 Å². The Balaban J connectivity index is 1.99. The zero-order chi connectivity index (χ0) is 19.1. The van der Waals surface area contributed by atoms with Gasteiger partial charge in [-0.05, 0) is 44.5 Å². The van der Waals surface area contributed by atoms with Crippen LogP contribution in [0.2, 0.25) is 0 Å². The molecular formula is C20H20FN3O2. The lowest BCUT2D eigenvalue weighted by Gasteiger charge is -2.40. The lowest BCUT2D eigenvalue weighted by atomic mass is 9.88. The van der Waals surface area contributed by atoms with Crippen molar-refractivity contribution in [2.75, 3.05) is 11.9 Å². The van der Waals surface area contributed by atoms with E-state index in [-0.39, 0.29) is 17.0 Å². The van der Waals surface area contributed by atoms with Gasteiger partial charge in [0.25, 0.3) is 5.69 Å². The number of non-ortho nitro benzene ring substituents is 1. The highest BCUT2D eigenvalue weighted by Gasteiger charge is 2.29. The van der Waals surface area contributed by atoms with Crippen molar-refractivity contribution in [1.29, 1.82) is 0 Å². The van der Waals surface area contributed by atoms with E-state index in [9.17, 15) is 14.5 Å². The van der Waals surface area contributed by atoms with Gasteiger partial charge in [-0.1, -0.05) is 12.1 Å². The molecule has 5 nitrogen and oxygen atoms in total. The Hall–Kier alpha value is -3.02. The van der Waals surface area contributed by atoms with E-state index < -0.39 is 4.92 Å². The number of hydrogen-bond donors (Lipinski definition) is 0. The quantitative estimate of drug-likeness (QED) is 0.437. The van der Waals surface area contributed by atoms with Gasteiger partial charge in [0.2, 0.25) is 0 Å². The average Bonchev–Trinajstić information content (AvgIpc) is 2.58. The number of likely N-dealkylation sites (N-methyl/N-ethyl adjacent to an activating group) is 1. The Bertz CT molecular complexity index is 948. The first-order chi connectivity index (χ1) is 12.2. The maximum Gasteiger partial charge on any atom is 0.271 e. The Kier molecular flexibility index (Phi) is 4.36. The number of nitro groups is 1. The molecule has 134 valence electrons. The van der Waals surface area contributed by atoms with Crippen LogP contribution in [-0.4, -0.2) is 23.7 Å². The Morgan fingerprint density at radius 1 is 1.27 bits per heavy atom. The summed E-state index contributed by atoms with van der Waals surface area (Å²) in [5, 5.41) is 10.8. The molecule has 0 spiro atoms. The minimum absolute atomic E-state index is 0.0480. The first-order valence-electron chi connectivity index (χ1n) is 8.25. The lowest BCUT2D eigenvalue weighted by molar-refractivity contribution is -0.384. The Morgan fingerprint density at radius 3 is 2.69 bits per heavy atom. The van der Waals surface area contributed by atoms with Crippen LogP contribution in [0.15, 0.2) is 47.5 Å². The highest BCUT2D eigenvalue weighted by atomic mass is 19.1. The monoisotopic (exact) mass is 353 g/mol. The van der Waals surface area contributed by atoms with E-state index >= 15 is 0 Å². The molecule has 0 amide bonds. The van der Waals surface area contributed by atoms with Crippen molar-refractivity contribution in [3.8, 4) is 0 Å². The number of aliphatic imine (C=N–C) groups is 1. The third kappa shape index (κ3) is 3.22. The first-order valence-corrected chi connectivity index (χ1v) is 8.25. The molecule has 1 aliphatic rings. The summed E-state index contributed by atoms with van der Waals surface area (Å²) in [6.07, 6.45) is 3.55. The largest absolute Gasteiger partial charge is 0.365 e. The summed E-state index contributed by atoms with van der Waals surface area (Å²) in [6.45, 7) is 6.16. The Labute approximate surface area is 151 Å². The molecule has 0 atom stereocenters. The van der Waals surface area contributed by atoms with Gasteiger partial charge in [0.15, 0.2) is 0 Å². The van der Waals surface area contributed by atoms with E-state index in [1.807, 2.05) is 18.9 Å². The molecule has 2 aromatic carbocycles. The molecule has 0 bridgehead atoms. The highest BCUT2D eigenvalue weighted by molar-refractivity contribution is 5.89. The number of rotatable bonds is 3. The third-order valence-corrected chi connectivity index (χ3v) is 4.73. The molecule has 6 heteroatoms. The van der Waals surface area contributed by atoms with Gasteiger partial charge in [0, 0.05) is 42.2 Å². The average molecular weight is 353 g/mol. The number of anilines is 1. The molecule has 0 radical (unpaired) electrons. The molecular weight excluding hydrogens is 333 g/mol. The van der Waals surface area contributed by atoms with Gasteiger partial charge in [0.1, 0.15) is 5.82 Å². The van der Waals surface area contributed by atoms with E-state index in [0.29, 0.717) is 11.3 Å². The topological polar surface area (TPSA) is 58.7 Å². The Morgan fingerprint density at radius 2 is 2.00 bits per heavy atom. The van der Waals surface area contributed by atoms with Crippen LogP contribution in [0, 0.1) is 15.9 Å². The molecule has 0 aliphatic carbocycles. The van der Waals surface area contributed by atoms with Gasteiger partial charge < -0.3 is 4.90 Å². The van der Waals surface area contributed by atoms with E-state index in [1.165, 1.54) is 24.4 Å². The maximum absolute atomic E-state index is 14.6.